The van der Waals surface area contributed by atoms with E-state index in [-0.39, 0.29) is 42.0 Å². The van der Waals surface area contributed by atoms with Crippen molar-refractivity contribution in [2.75, 3.05) is 6.54 Å². The van der Waals surface area contributed by atoms with Gasteiger partial charge in [0.1, 0.15) is 5.58 Å². The largest absolute Gasteiger partial charge is 0.449 e. The Morgan fingerprint density at radius 3 is 2.24 bits per heavy atom. The Balaban J connectivity index is 1.34. The first-order chi connectivity index (χ1) is 16.4. The van der Waals surface area contributed by atoms with Crippen LogP contribution in [-0.2, 0) is 4.79 Å². The molecular formula is C25H16BrNO7. The van der Waals surface area contributed by atoms with E-state index in [1.54, 1.807) is 60.7 Å². The van der Waals surface area contributed by atoms with E-state index >= 15 is 0 Å². The molecule has 3 heterocycles. The molecule has 0 bridgehead atoms. The maximum Gasteiger partial charge on any atom is 0.311 e. The number of benzene rings is 2. The van der Waals surface area contributed by atoms with Gasteiger partial charge in [-0.2, -0.15) is 0 Å². The average molecular weight is 522 g/mol. The first kappa shape index (κ1) is 21.8. The molecule has 2 aromatic heterocycles. The third kappa shape index (κ3) is 3.84. The number of nitrogens with zero attached hydrogens (tertiary/aromatic N) is 1. The highest BCUT2D eigenvalue weighted by Crippen LogP contribution is 2.33. The summed E-state index contributed by atoms with van der Waals surface area (Å²) in [6.07, 6.45) is 0.0474. The van der Waals surface area contributed by atoms with Crippen molar-refractivity contribution in [1.82, 2.24) is 4.90 Å². The van der Waals surface area contributed by atoms with Crippen LogP contribution < -0.4 is 10.2 Å². The number of carbonyl (C=O) groups excluding carboxylic acids is 3. The van der Waals surface area contributed by atoms with E-state index in [0.29, 0.717) is 21.4 Å². The number of hydrogen-bond acceptors (Lipinski definition) is 7. The summed E-state index contributed by atoms with van der Waals surface area (Å²) in [6, 6.07) is 16.4. The Bertz CT molecular complexity index is 1480. The molecule has 2 aromatic carbocycles. The Hall–Kier alpha value is -3.98. The third-order valence-corrected chi connectivity index (χ3v) is 5.84. The van der Waals surface area contributed by atoms with E-state index in [9.17, 15) is 19.2 Å². The Morgan fingerprint density at radius 1 is 0.882 bits per heavy atom. The van der Waals surface area contributed by atoms with Gasteiger partial charge in [0.05, 0.1) is 16.5 Å². The van der Waals surface area contributed by atoms with E-state index in [1.165, 1.54) is 0 Å². The number of para-hydroxylation sites is 1. The molecule has 0 fully saturated rings. The van der Waals surface area contributed by atoms with Crippen LogP contribution in [0.5, 0.6) is 5.75 Å². The van der Waals surface area contributed by atoms with Crippen molar-refractivity contribution in [3.8, 4) is 17.3 Å². The maximum absolute atomic E-state index is 13.1. The minimum absolute atomic E-state index is 0.0110. The van der Waals surface area contributed by atoms with E-state index < -0.39 is 23.2 Å². The summed E-state index contributed by atoms with van der Waals surface area (Å²) >= 11 is 3.21. The summed E-state index contributed by atoms with van der Waals surface area (Å²) in [5, 5.41) is 0.255. The number of furan rings is 1. The molecule has 5 rings (SSSR count). The maximum atomic E-state index is 13.1. The van der Waals surface area contributed by atoms with Gasteiger partial charge in [0.2, 0.25) is 16.9 Å². The molecule has 0 aliphatic carbocycles. The van der Waals surface area contributed by atoms with Crippen molar-refractivity contribution in [2.45, 2.75) is 12.8 Å². The highest BCUT2D eigenvalue weighted by atomic mass is 79.9. The van der Waals surface area contributed by atoms with Crippen LogP contribution in [-0.4, -0.2) is 29.2 Å². The molecule has 8 nitrogen and oxygen atoms in total. The number of rotatable bonds is 6. The van der Waals surface area contributed by atoms with Crippen LogP contribution in [0.15, 0.2) is 79.0 Å². The molecule has 170 valence electrons. The fourth-order valence-corrected chi connectivity index (χ4v) is 4.11. The Kier molecular flexibility index (Phi) is 5.62. The Labute approximate surface area is 200 Å². The quantitative estimate of drug-likeness (QED) is 0.265. The molecule has 0 saturated carbocycles. The number of esters is 1. The van der Waals surface area contributed by atoms with Gasteiger partial charge in [0.25, 0.3) is 11.8 Å². The van der Waals surface area contributed by atoms with Gasteiger partial charge in [-0.1, -0.05) is 24.3 Å². The predicted molar refractivity (Wildman–Crippen MR) is 125 cm³/mol. The normalized spacial score (nSPS) is 12.9. The second-order valence-electron chi connectivity index (χ2n) is 7.57. The van der Waals surface area contributed by atoms with Gasteiger partial charge in [0.15, 0.2) is 10.4 Å². The number of fused-ring (bicyclic) bond motifs is 2. The van der Waals surface area contributed by atoms with Crippen LogP contribution in [0.25, 0.3) is 22.5 Å². The second-order valence-corrected chi connectivity index (χ2v) is 8.36. The van der Waals surface area contributed by atoms with Crippen LogP contribution in [0.3, 0.4) is 0 Å². The van der Waals surface area contributed by atoms with Crippen LogP contribution >= 0.6 is 15.9 Å². The van der Waals surface area contributed by atoms with E-state index in [0.717, 1.165) is 4.90 Å². The monoisotopic (exact) mass is 521 g/mol. The summed E-state index contributed by atoms with van der Waals surface area (Å²) in [7, 11) is 0. The van der Waals surface area contributed by atoms with E-state index in [2.05, 4.69) is 15.9 Å². The molecule has 9 heteroatoms. The molecule has 1 aliphatic heterocycles. The highest BCUT2D eigenvalue weighted by Gasteiger charge is 2.34. The summed E-state index contributed by atoms with van der Waals surface area (Å²) in [6.45, 7) is 0.0474. The molecular weight excluding hydrogens is 506 g/mol. The highest BCUT2D eigenvalue weighted by molar-refractivity contribution is 9.10. The zero-order valence-corrected chi connectivity index (χ0v) is 19.2. The van der Waals surface area contributed by atoms with Crippen LogP contribution in [0, 0.1) is 0 Å². The third-order valence-electron chi connectivity index (χ3n) is 5.41. The summed E-state index contributed by atoms with van der Waals surface area (Å²) < 4.78 is 17.2. The SMILES string of the molecule is O=C(CCCN1C(=O)c2ccccc2C1=O)Oc1c(-c2ccc(Br)o2)oc2ccccc2c1=O. The van der Waals surface area contributed by atoms with Crippen LogP contribution in [0.1, 0.15) is 33.6 Å². The second kappa shape index (κ2) is 8.75. The number of halogens is 1. The topological polar surface area (TPSA) is 107 Å². The molecule has 4 aromatic rings. The van der Waals surface area contributed by atoms with Gasteiger partial charge < -0.3 is 13.6 Å². The first-order valence-corrected chi connectivity index (χ1v) is 11.2. The van der Waals surface area contributed by atoms with Crippen molar-refractivity contribution in [2.24, 2.45) is 0 Å². The van der Waals surface area contributed by atoms with Crippen molar-refractivity contribution >= 4 is 44.7 Å². The molecule has 0 atom stereocenters. The lowest BCUT2D eigenvalue weighted by Gasteiger charge is -2.13. The van der Waals surface area contributed by atoms with Crippen molar-refractivity contribution in [3.05, 3.63) is 86.7 Å². The standard InChI is InChI=1S/C25H16BrNO7/c26-19-12-11-18(32-19)22-23(21(29)16-8-3-4-9-17(16)33-22)34-20(28)10-5-13-27-24(30)14-6-1-2-7-15(14)25(27)31/h1-4,6-9,11-12H,5,10,13H2. The zero-order chi connectivity index (χ0) is 23.8. The van der Waals surface area contributed by atoms with Gasteiger partial charge in [0, 0.05) is 13.0 Å². The smallest absolute Gasteiger partial charge is 0.311 e. The number of carbonyl (C=O) groups is 3. The van der Waals surface area contributed by atoms with Crippen LogP contribution in [0.4, 0.5) is 0 Å². The fraction of sp³-hybridized carbons (Fsp3) is 0.120. The number of imide groups is 1. The summed E-state index contributed by atoms with van der Waals surface area (Å²) in [5.41, 5.74) is 0.495. The average Bonchev–Trinajstić information content (AvgIpc) is 3.38. The molecule has 0 spiro atoms. The Morgan fingerprint density at radius 2 is 1.56 bits per heavy atom. The van der Waals surface area contributed by atoms with Crippen molar-refractivity contribution in [1.29, 1.82) is 0 Å². The zero-order valence-electron chi connectivity index (χ0n) is 17.6. The van der Waals surface area contributed by atoms with Crippen molar-refractivity contribution < 1.29 is 28.0 Å². The van der Waals surface area contributed by atoms with Crippen LogP contribution in [0.2, 0.25) is 0 Å². The summed E-state index contributed by atoms with van der Waals surface area (Å²) in [5.74, 6) is -1.58. The van der Waals surface area contributed by atoms with Gasteiger partial charge in [-0.05, 0) is 58.7 Å². The molecule has 1 aliphatic rings. The van der Waals surface area contributed by atoms with Gasteiger partial charge >= 0.3 is 5.97 Å². The van der Waals surface area contributed by atoms with Gasteiger partial charge in [-0.25, -0.2) is 0 Å². The van der Waals surface area contributed by atoms with Gasteiger partial charge in [-0.3, -0.25) is 24.1 Å². The molecule has 0 unspecified atom stereocenters. The number of ether oxygens (including phenoxy) is 1. The molecule has 0 radical (unpaired) electrons. The summed E-state index contributed by atoms with van der Waals surface area (Å²) in [4.78, 5) is 51.7. The molecule has 2 amide bonds. The van der Waals surface area contributed by atoms with E-state index in [1.807, 2.05) is 0 Å². The minimum Gasteiger partial charge on any atom is -0.449 e. The van der Waals surface area contributed by atoms with Crippen molar-refractivity contribution in [3.63, 3.8) is 0 Å². The fourth-order valence-electron chi connectivity index (χ4n) is 3.80. The lowest BCUT2D eigenvalue weighted by molar-refractivity contribution is -0.134. The lowest BCUT2D eigenvalue weighted by Crippen LogP contribution is -2.31. The molecule has 0 saturated heterocycles. The molecule has 0 N–H and O–H groups in total. The van der Waals surface area contributed by atoms with Gasteiger partial charge in [-0.15, -0.1) is 0 Å². The number of amides is 2. The lowest BCUT2D eigenvalue weighted by atomic mass is 10.1. The number of hydrogen-bond donors (Lipinski definition) is 0. The first-order valence-electron chi connectivity index (χ1n) is 10.4. The predicted octanol–water partition coefficient (Wildman–Crippen LogP) is 4.80. The van der Waals surface area contributed by atoms with E-state index in [4.69, 9.17) is 13.6 Å². The molecule has 34 heavy (non-hydrogen) atoms. The minimum atomic E-state index is -0.703.